The Hall–Kier alpha value is -3.62. The van der Waals surface area contributed by atoms with Crippen molar-refractivity contribution >= 4 is 17.5 Å². The Kier molecular flexibility index (Phi) is 7.23. The van der Waals surface area contributed by atoms with Crippen LogP contribution in [0.1, 0.15) is 30.9 Å². The van der Waals surface area contributed by atoms with Gasteiger partial charge in [0.05, 0.1) is 53.2 Å². The first-order valence-corrected chi connectivity index (χ1v) is 11.6. The SMILES string of the molecule is COc1ccc(C2CCCN2C(=O)C2CC(=O)N(c3cc(OC)c(OC)c(OC)c3)C2)c(OC)c1. The van der Waals surface area contributed by atoms with E-state index in [1.807, 2.05) is 23.1 Å². The van der Waals surface area contributed by atoms with Gasteiger partial charge >= 0.3 is 0 Å². The van der Waals surface area contributed by atoms with Crippen LogP contribution in [0.3, 0.4) is 0 Å². The fraction of sp³-hybridized carbons (Fsp3) is 0.462. The summed E-state index contributed by atoms with van der Waals surface area (Å²) in [5.41, 5.74) is 1.56. The van der Waals surface area contributed by atoms with Crippen molar-refractivity contribution in [2.24, 2.45) is 5.92 Å². The van der Waals surface area contributed by atoms with Crippen LogP contribution in [-0.4, -0.2) is 65.4 Å². The second-order valence-corrected chi connectivity index (χ2v) is 8.59. The summed E-state index contributed by atoms with van der Waals surface area (Å²) in [4.78, 5) is 30.1. The molecule has 2 atom stereocenters. The van der Waals surface area contributed by atoms with Gasteiger partial charge in [-0.3, -0.25) is 9.59 Å². The van der Waals surface area contributed by atoms with Gasteiger partial charge in [-0.05, 0) is 25.0 Å². The highest BCUT2D eigenvalue weighted by Gasteiger charge is 2.41. The van der Waals surface area contributed by atoms with Crippen LogP contribution in [0.25, 0.3) is 0 Å². The van der Waals surface area contributed by atoms with E-state index in [1.54, 1.807) is 31.3 Å². The minimum absolute atomic E-state index is 0.0198. The molecule has 2 aromatic rings. The van der Waals surface area contributed by atoms with E-state index in [9.17, 15) is 9.59 Å². The van der Waals surface area contributed by atoms with Crippen LogP contribution in [0.15, 0.2) is 30.3 Å². The third-order valence-electron chi connectivity index (χ3n) is 6.77. The lowest BCUT2D eigenvalue weighted by Gasteiger charge is -2.29. The van der Waals surface area contributed by atoms with Crippen molar-refractivity contribution in [2.75, 3.05) is 53.5 Å². The molecule has 0 saturated carbocycles. The average Bonchev–Trinajstić information content (AvgIpc) is 3.53. The fourth-order valence-corrected chi connectivity index (χ4v) is 5.03. The number of likely N-dealkylation sites (tertiary alicyclic amines) is 1. The van der Waals surface area contributed by atoms with Crippen LogP contribution in [-0.2, 0) is 9.59 Å². The number of carbonyl (C=O) groups excluding carboxylic acids is 2. The molecule has 188 valence electrons. The molecule has 9 heteroatoms. The van der Waals surface area contributed by atoms with Gasteiger partial charge < -0.3 is 33.5 Å². The molecule has 4 rings (SSSR count). The predicted molar refractivity (Wildman–Crippen MR) is 130 cm³/mol. The van der Waals surface area contributed by atoms with E-state index < -0.39 is 5.92 Å². The summed E-state index contributed by atoms with van der Waals surface area (Å²) in [6.07, 6.45) is 1.88. The number of rotatable bonds is 8. The highest BCUT2D eigenvalue weighted by Crippen LogP contribution is 2.43. The molecule has 2 aromatic carbocycles. The largest absolute Gasteiger partial charge is 0.497 e. The van der Waals surface area contributed by atoms with Crippen LogP contribution in [0.5, 0.6) is 28.7 Å². The van der Waals surface area contributed by atoms with Crippen LogP contribution >= 0.6 is 0 Å². The Balaban J connectivity index is 1.56. The Morgan fingerprint density at radius 3 is 2.17 bits per heavy atom. The van der Waals surface area contributed by atoms with E-state index >= 15 is 0 Å². The summed E-state index contributed by atoms with van der Waals surface area (Å²) in [7, 11) is 7.81. The van der Waals surface area contributed by atoms with E-state index in [4.69, 9.17) is 23.7 Å². The summed E-state index contributed by atoms with van der Waals surface area (Å²) in [5, 5.41) is 0. The third kappa shape index (κ3) is 4.54. The normalized spacial score (nSPS) is 19.6. The number of nitrogens with zero attached hydrogens (tertiary/aromatic N) is 2. The van der Waals surface area contributed by atoms with E-state index in [1.165, 1.54) is 21.3 Å². The number of anilines is 1. The zero-order valence-electron chi connectivity index (χ0n) is 20.8. The van der Waals surface area contributed by atoms with Crippen molar-refractivity contribution in [3.05, 3.63) is 35.9 Å². The molecule has 2 heterocycles. The molecule has 2 aliphatic rings. The quantitative estimate of drug-likeness (QED) is 0.567. The third-order valence-corrected chi connectivity index (χ3v) is 6.77. The Morgan fingerprint density at radius 1 is 0.886 bits per heavy atom. The first kappa shape index (κ1) is 24.5. The van der Waals surface area contributed by atoms with Crippen LogP contribution in [0.4, 0.5) is 5.69 Å². The van der Waals surface area contributed by atoms with Crippen LogP contribution in [0.2, 0.25) is 0 Å². The van der Waals surface area contributed by atoms with Gasteiger partial charge in [-0.15, -0.1) is 0 Å². The molecule has 0 aromatic heterocycles. The second kappa shape index (κ2) is 10.3. The molecule has 0 spiro atoms. The topological polar surface area (TPSA) is 86.8 Å². The molecule has 2 saturated heterocycles. The zero-order valence-corrected chi connectivity index (χ0v) is 20.8. The minimum atomic E-state index is -0.438. The van der Waals surface area contributed by atoms with Gasteiger partial charge in [0.15, 0.2) is 11.5 Å². The van der Waals surface area contributed by atoms with E-state index in [0.29, 0.717) is 47.5 Å². The molecule has 2 amide bonds. The van der Waals surface area contributed by atoms with Gasteiger partial charge in [0, 0.05) is 43.3 Å². The van der Waals surface area contributed by atoms with Crippen molar-refractivity contribution < 1.29 is 33.3 Å². The molecule has 0 N–H and O–H groups in total. The summed E-state index contributed by atoms with van der Waals surface area (Å²) in [6, 6.07) is 9.02. The maximum atomic E-state index is 13.6. The summed E-state index contributed by atoms with van der Waals surface area (Å²) in [6.45, 7) is 0.937. The number of methoxy groups -OCH3 is 5. The van der Waals surface area contributed by atoms with E-state index in [0.717, 1.165) is 18.4 Å². The van der Waals surface area contributed by atoms with E-state index in [-0.39, 0.29) is 24.3 Å². The molecule has 2 aliphatic heterocycles. The summed E-state index contributed by atoms with van der Waals surface area (Å²) in [5.74, 6) is 2.17. The molecular formula is C26H32N2O7. The lowest BCUT2D eigenvalue weighted by atomic mass is 10.0. The van der Waals surface area contributed by atoms with E-state index in [2.05, 4.69) is 0 Å². The van der Waals surface area contributed by atoms with Crippen molar-refractivity contribution in [3.8, 4) is 28.7 Å². The lowest BCUT2D eigenvalue weighted by Crippen LogP contribution is -2.37. The highest BCUT2D eigenvalue weighted by molar-refractivity contribution is 6.01. The summed E-state index contributed by atoms with van der Waals surface area (Å²) < 4.78 is 27.2. The maximum absolute atomic E-state index is 13.6. The van der Waals surface area contributed by atoms with Crippen molar-refractivity contribution in [2.45, 2.75) is 25.3 Å². The minimum Gasteiger partial charge on any atom is -0.497 e. The average molecular weight is 485 g/mol. The monoisotopic (exact) mass is 484 g/mol. The van der Waals surface area contributed by atoms with Gasteiger partial charge in [0.2, 0.25) is 17.6 Å². The number of ether oxygens (including phenoxy) is 5. The number of hydrogen-bond donors (Lipinski definition) is 0. The second-order valence-electron chi connectivity index (χ2n) is 8.59. The molecule has 0 aliphatic carbocycles. The van der Waals surface area contributed by atoms with Crippen molar-refractivity contribution in [1.82, 2.24) is 4.90 Å². The number of benzene rings is 2. The first-order chi connectivity index (χ1) is 16.9. The van der Waals surface area contributed by atoms with Gasteiger partial charge in [-0.25, -0.2) is 0 Å². The molecule has 0 radical (unpaired) electrons. The maximum Gasteiger partial charge on any atom is 0.228 e. The van der Waals surface area contributed by atoms with Gasteiger partial charge in [0.1, 0.15) is 11.5 Å². The molecule has 0 bridgehead atoms. The fourth-order valence-electron chi connectivity index (χ4n) is 5.03. The molecule has 9 nitrogen and oxygen atoms in total. The zero-order chi connectivity index (χ0) is 25.1. The Morgan fingerprint density at radius 2 is 1.57 bits per heavy atom. The molecule has 35 heavy (non-hydrogen) atoms. The van der Waals surface area contributed by atoms with Gasteiger partial charge in [-0.1, -0.05) is 0 Å². The number of amides is 2. The number of hydrogen-bond acceptors (Lipinski definition) is 7. The Bertz CT molecular complexity index is 1080. The molecular weight excluding hydrogens is 452 g/mol. The predicted octanol–water partition coefficient (Wildman–Crippen LogP) is 3.45. The number of carbonyl (C=O) groups is 2. The first-order valence-electron chi connectivity index (χ1n) is 11.6. The van der Waals surface area contributed by atoms with Crippen LogP contribution < -0.4 is 28.6 Å². The van der Waals surface area contributed by atoms with Crippen molar-refractivity contribution in [3.63, 3.8) is 0 Å². The highest BCUT2D eigenvalue weighted by atomic mass is 16.5. The summed E-state index contributed by atoms with van der Waals surface area (Å²) >= 11 is 0. The smallest absolute Gasteiger partial charge is 0.228 e. The van der Waals surface area contributed by atoms with Gasteiger partial charge in [0.25, 0.3) is 0 Å². The van der Waals surface area contributed by atoms with Crippen molar-refractivity contribution in [1.29, 1.82) is 0 Å². The van der Waals surface area contributed by atoms with Gasteiger partial charge in [-0.2, -0.15) is 0 Å². The lowest BCUT2D eigenvalue weighted by molar-refractivity contribution is -0.136. The Labute approximate surface area is 205 Å². The molecule has 2 unspecified atom stereocenters. The standard InChI is InChI=1S/C26H32N2O7/c1-31-18-8-9-19(21(14-18)32-2)20-7-6-10-27(20)26(30)16-11-24(29)28(15-16)17-12-22(33-3)25(35-5)23(13-17)34-4/h8-9,12-14,16,20H,6-7,10-11,15H2,1-5H3. The van der Waals surface area contributed by atoms with Crippen LogP contribution in [0, 0.1) is 5.92 Å². The molecule has 2 fully saturated rings.